The summed E-state index contributed by atoms with van der Waals surface area (Å²) < 4.78 is 0. The molecule has 0 aromatic heterocycles. The fourth-order valence-corrected chi connectivity index (χ4v) is 7.22. The predicted molar refractivity (Wildman–Crippen MR) is 170 cm³/mol. The number of aliphatic hydroxyl groups excluding tert-OH is 2. The number of ketones is 3. The molecule has 12 heteroatoms. The van der Waals surface area contributed by atoms with E-state index in [-0.39, 0.29) is 52.5 Å². The lowest BCUT2D eigenvalue weighted by Gasteiger charge is -2.50. The highest BCUT2D eigenvalue weighted by atomic mass is 16.3. The molecule has 0 heterocycles. The van der Waals surface area contributed by atoms with E-state index in [1.54, 1.807) is 39.2 Å². The SMILES string of the molecule is CC(C)C(Nc1cc(N(C)C)c2c(c1O)C(O)=C1C(=O)[C@]3(O)C(O)=C(C(N)=O)C(=O)[C@@H](N(C)C)[C@@H]3C[C@@H]1C2)C(=O)CC(C)(C)C. The van der Waals surface area contributed by atoms with Gasteiger partial charge in [0.05, 0.1) is 23.3 Å². The third-order valence-corrected chi connectivity index (χ3v) is 9.21. The lowest BCUT2D eigenvalue weighted by Crippen LogP contribution is -2.65. The average molecular weight is 627 g/mol. The molecule has 1 aromatic carbocycles. The molecule has 7 N–H and O–H groups in total. The van der Waals surface area contributed by atoms with Crippen LogP contribution < -0.4 is 16.0 Å². The van der Waals surface area contributed by atoms with Crippen molar-refractivity contribution in [2.45, 2.75) is 71.6 Å². The highest BCUT2D eigenvalue weighted by molar-refractivity contribution is 6.24. The Kier molecular flexibility index (Phi) is 8.66. The monoisotopic (exact) mass is 626 g/mol. The van der Waals surface area contributed by atoms with E-state index in [9.17, 15) is 39.6 Å². The summed E-state index contributed by atoms with van der Waals surface area (Å²) in [5.41, 5.74) is 2.63. The number of anilines is 2. The third-order valence-electron chi connectivity index (χ3n) is 9.21. The summed E-state index contributed by atoms with van der Waals surface area (Å²) in [6.07, 6.45) is 0.448. The van der Waals surface area contributed by atoms with E-state index < -0.39 is 64.1 Å². The Morgan fingerprint density at radius 1 is 1.11 bits per heavy atom. The number of fused-ring (bicyclic) bond motifs is 3. The van der Waals surface area contributed by atoms with Crippen LogP contribution in [0.4, 0.5) is 11.4 Å². The van der Waals surface area contributed by atoms with E-state index in [0.717, 1.165) is 0 Å². The molecule has 45 heavy (non-hydrogen) atoms. The number of hydrogen-bond acceptors (Lipinski definition) is 11. The molecule has 0 radical (unpaired) electrons. The summed E-state index contributed by atoms with van der Waals surface area (Å²) in [6, 6.07) is -0.119. The molecular weight excluding hydrogens is 580 g/mol. The van der Waals surface area contributed by atoms with Crippen molar-refractivity contribution < 1.29 is 39.6 Å². The Hall–Kier alpha value is -3.90. The minimum absolute atomic E-state index is 0.00385. The second-order valence-corrected chi connectivity index (χ2v) is 14.6. The molecule has 4 rings (SSSR count). The van der Waals surface area contributed by atoms with Crippen LogP contribution in [0.5, 0.6) is 5.75 Å². The summed E-state index contributed by atoms with van der Waals surface area (Å²) in [5, 5.41) is 49.5. The number of likely N-dealkylation sites (N-methyl/N-ethyl adjacent to an activating group) is 1. The normalized spacial score (nSPS) is 25.6. The van der Waals surface area contributed by atoms with Gasteiger partial charge in [0.2, 0.25) is 5.78 Å². The Labute approximate surface area is 263 Å². The molecule has 5 atom stereocenters. The zero-order chi connectivity index (χ0) is 34.1. The molecule has 3 aliphatic rings. The number of aliphatic hydroxyl groups is 3. The second-order valence-electron chi connectivity index (χ2n) is 14.6. The molecule has 0 bridgehead atoms. The number of phenols is 1. The van der Waals surface area contributed by atoms with Gasteiger partial charge in [-0.15, -0.1) is 0 Å². The first-order valence-electron chi connectivity index (χ1n) is 15.1. The molecule has 1 aromatic rings. The van der Waals surface area contributed by atoms with Crippen LogP contribution in [0.1, 0.15) is 58.6 Å². The predicted octanol–water partition coefficient (Wildman–Crippen LogP) is 2.47. The van der Waals surface area contributed by atoms with E-state index in [0.29, 0.717) is 17.7 Å². The maximum absolute atomic E-state index is 14.2. The summed E-state index contributed by atoms with van der Waals surface area (Å²) >= 11 is 0. The number of carbonyl (C=O) groups excluding carboxylic acids is 4. The Balaban J connectivity index is 1.92. The Morgan fingerprint density at radius 2 is 1.71 bits per heavy atom. The lowest BCUT2D eigenvalue weighted by molar-refractivity contribution is -0.153. The minimum Gasteiger partial charge on any atom is -0.508 e. The fourth-order valence-electron chi connectivity index (χ4n) is 7.22. The van der Waals surface area contributed by atoms with Crippen LogP contribution in [-0.4, -0.2) is 94.5 Å². The van der Waals surface area contributed by atoms with Gasteiger partial charge in [0.25, 0.3) is 5.91 Å². The molecule has 246 valence electrons. The van der Waals surface area contributed by atoms with Gasteiger partial charge >= 0.3 is 0 Å². The number of benzene rings is 1. The number of nitrogens with zero attached hydrogens (tertiary/aromatic N) is 2. The van der Waals surface area contributed by atoms with E-state index in [2.05, 4.69) is 5.32 Å². The number of aromatic hydroxyl groups is 1. The number of nitrogens with one attached hydrogen (secondary N) is 1. The summed E-state index contributed by atoms with van der Waals surface area (Å²) in [6.45, 7) is 9.67. The number of carbonyl (C=O) groups is 4. The molecule has 12 nitrogen and oxygen atoms in total. The summed E-state index contributed by atoms with van der Waals surface area (Å²) in [5.74, 6) is -7.31. The van der Waals surface area contributed by atoms with Gasteiger partial charge in [0.1, 0.15) is 22.8 Å². The standard InChI is InChI=1S/C33H46N4O8/c1-14(2)24(20(38)13-32(3,4)5)35-18-12-19(36(6)7)16-10-15-11-17-25(37(8)9)28(41)23(31(34)44)30(43)33(17,45)29(42)21(15)27(40)22(16)26(18)39/h12,14-15,17,24-25,35,39-40,43,45H,10-11,13H2,1-9H3,(H2,34,44)/t15-,17-,24?,25-,33-/m0/s1. The van der Waals surface area contributed by atoms with Crippen LogP contribution in [0.3, 0.4) is 0 Å². The summed E-state index contributed by atoms with van der Waals surface area (Å²) in [7, 11) is 6.69. The van der Waals surface area contributed by atoms with Crippen molar-refractivity contribution in [1.29, 1.82) is 0 Å². The molecule has 1 unspecified atom stereocenters. The van der Waals surface area contributed by atoms with Crippen molar-refractivity contribution in [1.82, 2.24) is 4.90 Å². The second kappa shape index (κ2) is 11.5. The first kappa shape index (κ1) is 34.0. The molecule has 1 fully saturated rings. The van der Waals surface area contributed by atoms with Crippen LogP contribution in [-0.2, 0) is 25.6 Å². The summed E-state index contributed by atoms with van der Waals surface area (Å²) in [4.78, 5) is 56.3. The van der Waals surface area contributed by atoms with Gasteiger partial charge in [-0.1, -0.05) is 34.6 Å². The molecule has 0 aliphatic heterocycles. The van der Waals surface area contributed by atoms with Crippen LogP contribution in [0.2, 0.25) is 0 Å². The van der Waals surface area contributed by atoms with Crippen LogP contribution in [0.25, 0.3) is 5.76 Å². The Morgan fingerprint density at radius 3 is 2.20 bits per heavy atom. The van der Waals surface area contributed by atoms with Gasteiger partial charge < -0.3 is 36.4 Å². The highest BCUT2D eigenvalue weighted by Gasteiger charge is 2.64. The van der Waals surface area contributed by atoms with Gasteiger partial charge in [-0.2, -0.15) is 0 Å². The highest BCUT2D eigenvalue weighted by Crippen LogP contribution is 2.54. The van der Waals surface area contributed by atoms with Crippen LogP contribution >= 0.6 is 0 Å². The zero-order valence-electron chi connectivity index (χ0n) is 27.5. The molecule has 3 aliphatic carbocycles. The number of amides is 1. The van der Waals surface area contributed by atoms with Crippen molar-refractivity contribution in [3.63, 3.8) is 0 Å². The Bertz CT molecular complexity index is 1530. The van der Waals surface area contributed by atoms with Gasteiger partial charge in [0, 0.05) is 37.7 Å². The van der Waals surface area contributed by atoms with E-state index in [1.165, 1.54) is 4.90 Å². The van der Waals surface area contributed by atoms with Crippen LogP contribution in [0.15, 0.2) is 23.0 Å². The maximum atomic E-state index is 14.2. The zero-order valence-corrected chi connectivity index (χ0v) is 27.5. The van der Waals surface area contributed by atoms with Gasteiger partial charge in [-0.05, 0) is 55.8 Å². The minimum atomic E-state index is -2.72. The van der Waals surface area contributed by atoms with Crippen molar-refractivity contribution in [3.8, 4) is 5.75 Å². The van der Waals surface area contributed by atoms with Gasteiger partial charge in [0.15, 0.2) is 17.2 Å². The van der Waals surface area contributed by atoms with Gasteiger partial charge in [-0.25, -0.2) is 0 Å². The number of phenolic OH excluding ortho intramolecular Hbond substituents is 1. The number of nitrogens with two attached hydrogens (primary N) is 1. The maximum Gasteiger partial charge on any atom is 0.255 e. The molecular formula is C33H46N4O8. The van der Waals surface area contributed by atoms with Crippen molar-refractivity contribution in [3.05, 3.63) is 34.1 Å². The topological polar surface area (TPSA) is 194 Å². The largest absolute Gasteiger partial charge is 0.508 e. The smallest absolute Gasteiger partial charge is 0.255 e. The van der Waals surface area contributed by atoms with Crippen LogP contribution in [0, 0.1) is 23.2 Å². The quantitative estimate of drug-likeness (QED) is 0.183. The molecule has 0 spiro atoms. The number of primary amides is 1. The number of Topliss-reactive ketones (excluding diaryl/α,β-unsaturated/α-hetero) is 3. The van der Waals surface area contributed by atoms with E-state index >= 15 is 0 Å². The first-order chi connectivity index (χ1) is 20.6. The van der Waals surface area contributed by atoms with Crippen molar-refractivity contribution in [2.24, 2.45) is 28.9 Å². The average Bonchev–Trinajstić information content (AvgIpc) is 2.88. The first-order valence-corrected chi connectivity index (χ1v) is 15.1. The molecule has 1 saturated carbocycles. The van der Waals surface area contributed by atoms with Crippen molar-refractivity contribution >= 4 is 40.4 Å². The fraction of sp³-hybridized carbons (Fsp3) is 0.576. The lowest BCUT2D eigenvalue weighted by atomic mass is 9.57. The molecule has 1 amide bonds. The van der Waals surface area contributed by atoms with Gasteiger partial charge in [-0.3, -0.25) is 24.1 Å². The number of hydrogen-bond donors (Lipinski definition) is 6. The van der Waals surface area contributed by atoms with Crippen molar-refractivity contribution in [2.75, 3.05) is 38.4 Å². The van der Waals surface area contributed by atoms with E-state index in [1.807, 2.05) is 34.6 Å². The molecule has 0 saturated heterocycles. The number of rotatable bonds is 8. The van der Waals surface area contributed by atoms with E-state index in [4.69, 9.17) is 5.73 Å². The third kappa shape index (κ3) is 5.48.